The van der Waals surface area contributed by atoms with Gasteiger partial charge in [0.2, 0.25) is 0 Å². The minimum atomic E-state index is 0.682. The average Bonchev–Trinajstić information content (AvgIpc) is 2.47. The van der Waals surface area contributed by atoms with Crippen molar-refractivity contribution in [2.45, 2.75) is 70.8 Å². The van der Waals surface area contributed by atoms with Crippen LogP contribution in [0.1, 0.15) is 69.4 Å². The predicted octanol–water partition coefficient (Wildman–Crippen LogP) is 4.66. The zero-order valence-corrected chi connectivity index (χ0v) is 12.6. The van der Waals surface area contributed by atoms with Crippen LogP contribution in [0.3, 0.4) is 0 Å². The number of nitrogens with one attached hydrogen (secondary N) is 1. The first-order chi connectivity index (χ1) is 9.36. The Balaban J connectivity index is 2.12. The highest BCUT2D eigenvalue weighted by Crippen LogP contribution is 2.35. The molecule has 1 aromatic rings. The summed E-state index contributed by atoms with van der Waals surface area (Å²) in [5, 5.41) is 3.81. The Morgan fingerprint density at radius 3 is 2.84 bits per heavy atom. The summed E-state index contributed by atoms with van der Waals surface area (Å²) < 4.78 is 0. The van der Waals surface area contributed by atoms with Crippen LogP contribution in [0.15, 0.2) is 24.3 Å². The van der Waals surface area contributed by atoms with Crippen LogP contribution < -0.4 is 5.32 Å². The number of rotatable bonds is 7. The SMILES string of the molecule is CCCCC(NCCC)C1CCCc2ccccc21. The minimum absolute atomic E-state index is 0.682. The lowest BCUT2D eigenvalue weighted by Crippen LogP contribution is -2.37. The second-order valence-electron chi connectivity index (χ2n) is 5.90. The highest BCUT2D eigenvalue weighted by atomic mass is 14.9. The normalized spacial score (nSPS) is 20.0. The van der Waals surface area contributed by atoms with Gasteiger partial charge in [0.05, 0.1) is 0 Å². The van der Waals surface area contributed by atoms with Gasteiger partial charge in [-0.05, 0) is 55.7 Å². The van der Waals surface area contributed by atoms with Crippen LogP contribution in [0.2, 0.25) is 0 Å². The number of hydrogen-bond acceptors (Lipinski definition) is 1. The molecule has 0 heterocycles. The molecule has 0 bridgehead atoms. The van der Waals surface area contributed by atoms with Crippen LogP contribution >= 0.6 is 0 Å². The first-order valence-corrected chi connectivity index (χ1v) is 8.18. The number of benzene rings is 1. The molecule has 0 saturated heterocycles. The molecule has 2 rings (SSSR count). The van der Waals surface area contributed by atoms with Gasteiger partial charge >= 0.3 is 0 Å². The second kappa shape index (κ2) is 7.69. The Labute approximate surface area is 118 Å². The molecule has 0 amide bonds. The van der Waals surface area contributed by atoms with Gasteiger partial charge in [-0.1, -0.05) is 51.0 Å². The lowest BCUT2D eigenvalue weighted by molar-refractivity contribution is 0.365. The van der Waals surface area contributed by atoms with Crippen molar-refractivity contribution in [3.8, 4) is 0 Å². The number of aryl methyl sites for hydroxylation is 1. The predicted molar refractivity (Wildman–Crippen MR) is 83.7 cm³/mol. The zero-order chi connectivity index (χ0) is 13.5. The molecule has 0 aromatic heterocycles. The van der Waals surface area contributed by atoms with Gasteiger partial charge in [0.15, 0.2) is 0 Å². The van der Waals surface area contributed by atoms with Gasteiger partial charge < -0.3 is 5.32 Å². The summed E-state index contributed by atoms with van der Waals surface area (Å²) in [6.07, 6.45) is 9.21. The highest BCUT2D eigenvalue weighted by molar-refractivity contribution is 5.33. The van der Waals surface area contributed by atoms with Crippen molar-refractivity contribution in [1.29, 1.82) is 0 Å². The molecule has 1 N–H and O–H groups in total. The zero-order valence-electron chi connectivity index (χ0n) is 12.6. The first-order valence-electron chi connectivity index (χ1n) is 8.18. The van der Waals surface area contributed by atoms with Crippen LogP contribution in [-0.2, 0) is 6.42 Å². The van der Waals surface area contributed by atoms with E-state index in [1.807, 2.05) is 0 Å². The van der Waals surface area contributed by atoms with Crippen LogP contribution in [0.25, 0.3) is 0 Å². The van der Waals surface area contributed by atoms with Crippen LogP contribution in [-0.4, -0.2) is 12.6 Å². The fourth-order valence-corrected chi connectivity index (χ4v) is 3.41. The van der Waals surface area contributed by atoms with Crippen molar-refractivity contribution in [2.75, 3.05) is 6.54 Å². The van der Waals surface area contributed by atoms with Crippen molar-refractivity contribution < 1.29 is 0 Å². The Morgan fingerprint density at radius 2 is 2.05 bits per heavy atom. The van der Waals surface area contributed by atoms with Crippen LogP contribution in [0.5, 0.6) is 0 Å². The molecule has 2 atom stereocenters. The van der Waals surface area contributed by atoms with Crippen molar-refractivity contribution in [3.05, 3.63) is 35.4 Å². The largest absolute Gasteiger partial charge is 0.313 e. The quantitative estimate of drug-likeness (QED) is 0.750. The van der Waals surface area contributed by atoms with Gasteiger partial charge in [-0.3, -0.25) is 0 Å². The molecule has 1 aromatic carbocycles. The van der Waals surface area contributed by atoms with Crippen molar-refractivity contribution >= 4 is 0 Å². The number of fused-ring (bicyclic) bond motifs is 1. The number of unbranched alkanes of at least 4 members (excludes halogenated alkanes) is 1. The summed E-state index contributed by atoms with van der Waals surface area (Å²) in [4.78, 5) is 0. The third-order valence-electron chi connectivity index (χ3n) is 4.43. The highest BCUT2D eigenvalue weighted by Gasteiger charge is 2.26. The Kier molecular flexibility index (Phi) is 5.91. The molecular formula is C18H29N. The van der Waals surface area contributed by atoms with E-state index in [0.717, 1.165) is 12.5 Å². The minimum Gasteiger partial charge on any atom is -0.313 e. The fraction of sp³-hybridized carbons (Fsp3) is 0.667. The second-order valence-corrected chi connectivity index (χ2v) is 5.90. The summed E-state index contributed by atoms with van der Waals surface area (Å²) in [7, 11) is 0. The first kappa shape index (κ1) is 14.6. The van der Waals surface area contributed by atoms with E-state index in [0.29, 0.717) is 6.04 Å². The van der Waals surface area contributed by atoms with E-state index in [4.69, 9.17) is 0 Å². The van der Waals surface area contributed by atoms with Crippen LogP contribution in [0, 0.1) is 0 Å². The van der Waals surface area contributed by atoms with E-state index in [1.165, 1.54) is 44.9 Å². The summed E-state index contributed by atoms with van der Waals surface area (Å²) >= 11 is 0. The summed E-state index contributed by atoms with van der Waals surface area (Å²) in [6, 6.07) is 9.79. The number of hydrogen-bond donors (Lipinski definition) is 1. The van der Waals surface area contributed by atoms with E-state index < -0.39 is 0 Å². The Morgan fingerprint density at radius 1 is 1.21 bits per heavy atom. The molecule has 0 saturated carbocycles. The van der Waals surface area contributed by atoms with E-state index in [2.05, 4.69) is 43.4 Å². The molecule has 19 heavy (non-hydrogen) atoms. The lowest BCUT2D eigenvalue weighted by Gasteiger charge is -2.33. The Hall–Kier alpha value is -0.820. The van der Waals surface area contributed by atoms with Gasteiger partial charge in [-0.25, -0.2) is 0 Å². The van der Waals surface area contributed by atoms with Gasteiger partial charge in [0.1, 0.15) is 0 Å². The molecule has 0 fully saturated rings. The summed E-state index contributed by atoms with van der Waals surface area (Å²) in [6.45, 7) is 5.72. The van der Waals surface area contributed by atoms with Crippen LogP contribution in [0.4, 0.5) is 0 Å². The third kappa shape index (κ3) is 3.82. The molecular weight excluding hydrogens is 230 g/mol. The maximum Gasteiger partial charge on any atom is 0.0136 e. The molecule has 2 unspecified atom stereocenters. The van der Waals surface area contributed by atoms with E-state index >= 15 is 0 Å². The molecule has 0 aliphatic heterocycles. The van der Waals surface area contributed by atoms with Gasteiger partial charge in [-0.15, -0.1) is 0 Å². The van der Waals surface area contributed by atoms with Crippen molar-refractivity contribution in [3.63, 3.8) is 0 Å². The molecule has 1 aliphatic rings. The summed E-state index contributed by atoms with van der Waals surface area (Å²) in [5.41, 5.74) is 3.22. The molecule has 106 valence electrons. The van der Waals surface area contributed by atoms with Gasteiger partial charge in [0.25, 0.3) is 0 Å². The maximum atomic E-state index is 3.81. The van der Waals surface area contributed by atoms with Crippen molar-refractivity contribution in [2.24, 2.45) is 0 Å². The monoisotopic (exact) mass is 259 g/mol. The standard InChI is InChI=1S/C18H29N/c1-3-5-13-18(19-14-4-2)17-12-8-10-15-9-6-7-11-16(15)17/h6-7,9,11,17-19H,3-5,8,10,12-14H2,1-2H3. The topological polar surface area (TPSA) is 12.0 Å². The van der Waals surface area contributed by atoms with Crippen molar-refractivity contribution in [1.82, 2.24) is 5.32 Å². The van der Waals surface area contributed by atoms with E-state index in [1.54, 1.807) is 11.1 Å². The molecule has 0 spiro atoms. The van der Waals surface area contributed by atoms with E-state index in [-0.39, 0.29) is 0 Å². The summed E-state index contributed by atoms with van der Waals surface area (Å²) in [5.74, 6) is 0.739. The third-order valence-corrected chi connectivity index (χ3v) is 4.43. The Bertz CT molecular complexity index is 364. The average molecular weight is 259 g/mol. The maximum absolute atomic E-state index is 3.81. The van der Waals surface area contributed by atoms with Gasteiger partial charge in [0, 0.05) is 6.04 Å². The smallest absolute Gasteiger partial charge is 0.0136 e. The molecule has 1 aliphatic carbocycles. The molecule has 0 radical (unpaired) electrons. The van der Waals surface area contributed by atoms with E-state index in [9.17, 15) is 0 Å². The lowest BCUT2D eigenvalue weighted by atomic mass is 9.77. The molecule has 1 nitrogen and oxygen atoms in total. The fourth-order valence-electron chi connectivity index (χ4n) is 3.41. The van der Waals surface area contributed by atoms with Gasteiger partial charge in [-0.2, -0.15) is 0 Å². The molecule has 1 heteroatoms.